The monoisotopic (exact) mass is 498 g/mol. The van der Waals surface area contributed by atoms with E-state index < -0.39 is 17.7 Å². The quantitative estimate of drug-likeness (QED) is 0.361. The zero-order chi connectivity index (χ0) is 24.4. The molecule has 6 nitrogen and oxygen atoms in total. The average Bonchev–Trinajstić information content (AvgIpc) is 2.78. The number of allylic oxidation sites excluding steroid dienone is 1. The van der Waals surface area contributed by atoms with E-state index in [2.05, 4.69) is 0 Å². The molecule has 172 valence electrons. The predicted octanol–water partition coefficient (Wildman–Crippen LogP) is 5.64. The first-order chi connectivity index (χ1) is 16.3. The van der Waals surface area contributed by atoms with Gasteiger partial charge in [0.15, 0.2) is 6.61 Å². The molecule has 1 atom stereocenters. The molecule has 0 saturated heterocycles. The lowest BCUT2D eigenvalue weighted by Crippen LogP contribution is -2.22. The fourth-order valence-electron chi connectivity index (χ4n) is 3.65. The van der Waals surface area contributed by atoms with Crippen LogP contribution in [0.5, 0.6) is 17.2 Å². The minimum absolute atomic E-state index is 0.0241. The summed E-state index contributed by atoms with van der Waals surface area (Å²) in [6, 6.07) is 15.8. The molecule has 3 aromatic rings. The molecule has 9 heteroatoms. The summed E-state index contributed by atoms with van der Waals surface area (Å²) in [7, 11) is 0. The van der Waals surface area contributed by atoms with E-state index in [4.69, 9.17) is 43.1 Å². The molecule has 1 aliphatic rings. The summed E-state index contributed by atoms with van der Waals surface area (Å²) in [6.45, 7) is 1.47. The van der Waals surface area contributed by atoms with Crippen molar-refractivity contribution in [3.05, 3.63) is 98.6 Å². The molecule has 1 heterocycles. The molecule has 1 unspecified atom stereocenters. The molecule has 34 heavy (non-hydrogen) atoms. The van der Waals surface area contributed by atoms with Crippen LogP contribution in [0.25, 0.3) is 0 Å². The lowest BCUT2D eigenvalue weighted by Gasteiger charge is -2.27. The summed E-state index contributed by atoms with van der Waals surface area (Å²) in [6.07, 6.45) is 0. The fourth-order valence-corrected chi connectivity index (χ4v) is 4.15. The number of ether oxygens (including phenoxy) is 3. The lowest BCUT2D eigenvalue weighted by atomic mass is 9.83. The van der Waals surface area contributed by atoms with E-state index in [1.165, 1.54) is 30.3 Å². The number of fused-ring (bicyclic) bond motifs is 1. The van der Waals surface area contributed by atoms with Crippen molar-refractivity contribution in [3.8, 4) is 23.3 Å². The highest BCUT2D eigenvalue weighted by molar-refractivity contribution is 6.31. The number of benzene rings is 3. The van der Waals surface area contributed by atoms with Crippen molar-refractivity contribution in [1.82, 2.24) is 0 Å². The minimum Gasteiger partial charge on any atom is -0.482 e. The SMILES string of the molecule is Cc1cc(Cl)ccc1OCC(=O)Oc1ccc2c(c1)OC(N)=C(C#N)C2c1c(F)cccc1Cl. The summed E-state index contributed by atoms with van der Waals surface area (Å²) < 4.78 is 31.1. The number of hydrogen-bond donors (Lipinski definition) is 1. The number of nitrogens with zero attached hydrogens (tertiary/aromatic N) is 1. The van der Waals surface area contributed by atoms with Gasteiger partial charge in [-0.1, -0.05) is 35.3 Å². The topological polar surface area (TPSA) is 94.6 Å². The average molecular weight is 499 g/mol. The Morgan fingerprint density at radius 3 is 2.71 bits per heavy atom. The van der Waals surface area contributed by atoms with Crippen molar-refractivity contribution in [1.29, 1.82) is 5.26 Å². The second-order valence-corrected chi connectivity index (χ2v) is 8.28. The second-order valence-electron chi connectivity index (χ2n) is 7.43. The van der Waals surface area contributed by atoms with Crippen molar-refractivity contribution < 1.29 is 23.4 Å². The van der Waals surface area contributed by atoms with Crippen molar-refractivity contribution >= 4 is 29.2 Å². The summed E-state index contributed by atoms with van der Waals surface area (Å²) in [5.41, 5.74) is 7.30. The van der Waals surface area contributed by atoms with Gasteiger partial charge in [-0.15, -0.1) is 0 Å². The molecule has 0 aliphatic carbocycles. The molecule has 4 rings (SSSR count). The Morgan fingerprint density at radius 2 is 2.00 bits per heavy atom. The van der Waals surface area contributed by atoms with Crippen LogP contribution in [-0.2, 0) is 4.79 Å². The van der Waals surface area contributed by atoms with Crippen LogP contribution in [0.1, 0.15) is 22.6 Å². The van der Waals surface area contributed by atoms with E-state index in [1.54, 1.807) is 31.2 Å². The van der Waals surface area contributed by atoms with Gasteiger partial charge in [-0.05, 0) is 48.9 Å². The van der Waals surface area contributed by atoms with Crippen molar-refractivity contribution in [2.45, 2.75) is 12.8 Å². The standard InChI is InChI=1S/C25H17Cl2FN2O4/c1-13-9-14(26)5-8-20(13)32-12-22(31)33-15-6-7-16-21(10-15)34-25(30)17(11-29)23(16)24-18(27)3-2-4-19(24)28/h2-10,23H,12,30H2,1H3. The maximum Gasteiger partial charge on any atom is 0.349 e. The third-order valence-electron chi connectivity index (χ3n) is 5.19. The molecule has 0 fully saturated rings. The molecular weight excluding hydrogens is 482 g/mol. The molecule has 0 radical (unpaired) electrons. The Labute approximate surface area is 204 Å². The molecule has 0 amide bonds. The van der Waals surface area contributed by atoms with Gasteiger partial charge in [-0.2, -0.15) is 5.26 Å². The highest BCUT2D eigenvalue weighted by atomic mass is 35.5. The van der Waals surface area contributed by atoms with Crippen LogP contribution < -0.4 is 19.9 Å². The Morgan fingerprint density at radius 1 is 1.21 bits per heavy atom. The number of nitrogens with two attached hydrogens (primary N) is 1. The van der Waals surface area contributed by atoms with Crippen LogP contribution in [0.3, 0.4) is 0 Å². The first-order valence-corrected chi connectivity index (χ1v) is 10.8. The fraction of sp³-hybridized carbons (Fsp3) is 0.120. The van der Waals surface area contributed by atoms with E-state index in [0.717, 1.165) is 5.56 Å². The van der Waals surface area contributed by atoms with Crippen LogP contribution in [0, 0.1) is 24.1 Å². The number of halogens is 3. The largest absolute Gasteiger partial charge is 0.482 e. The maximum absolute atomic E-state index is 14.7. The van der Waals surface area contributed by atoms with E-state index in [9.17, 15) is 14.4 Å². The van der Waals surface area contributed by atoms with Gasteiger partial charge in [0.05, 0.1) is 5.92 Å². The molecule has 1 aliphatic heterocycles. The Hall–Kier alpha value is -3.73. The molecule has 0 bridgehead atoms. The van der Waals surface area contributed by atoms with Gasteiger partial charge in [0, 0.05) is 27.2 Å². The van der Waals surface area contributed by atoms with Crippen LogP contribution in [-0.4, -0.2) is 12.6 Å². The summed E-state index contributed by atoms with van der Waals surface area (Å²) in [4.78, 5) is 12.3. The van der Waals surface area contributed by atoms with Gasteiger partial charge < -0.3 is 19.9 Å². The van der Waals surface area contributed by atoms with Gasteiger partial charge in [0.25, 0.3) is 0 Å². The lowest BCUT2D eigenvalue weighted by molar-refractivity contribution is -0.136. The minimum atomic E-state index is -0.886. The van der Waals surface area contributed by atoms with Crippen LogP contribution in [0.4, 0.5) is 4.39 Å². The van der Waals surface area contributed by atoms with Gasteiger partial charge in [-0.3, -0.25) is 0 Å². The van der Waals surface area contributed by atoms with E-state index in [-0.39, 0.29) is 40.1 Å². The predicted molar refractivity (Wildman–Crippen MR) is 124 cm³/mol. The molecule has 0 aromatic heterocycles. The smallest absolute Gasteiger partial charge is 0.349 e. The van der Waals surface area contributed by atoms with Gasteiger partial charge >= 0.3 is 5.97 Å². The van der Waals surface area contributed by atoms with E-state index in [0.29, 0.717) is 16.3 Å². The highest BCUT2D eigenvalue weighted by Gasteiger charge is 2.34. The summed E-state index contributed by atoms with van der Waals surface area (Å²) >= 11 is 12.2. The zero-order valence-corrected chi connectivity index (χ0v) is 19.3. The van der Waals surface area contributed by atoms with Crippen LogP contribution in [0.2, 0.25) is 10.0 Å². The number of carbonyl (C=O) groups is 1. The first kappa shape index (κ1) is 23.4. The highest BCUT2D eigenvalue weighted by Crippen LogP contribution is 2.46. The third-order valence-corrected chi connectivity index (χ3v) is 5.76. The van der Waals surface area contributed by atoms with Crippen molar-refractivity contribution in [2.24, 2.45) is 5.73 Å². The van der Waals surface area contributed by atoms with Gasteiger partial charge in [0.1, 0.15) is 34.7 Å². The number of nitriles is 1. The zero-order valence-electron chi connectivity index (χ0n) is 17.8. The number of aryl methyl sites for hydroxylation is 1. The Balaban J connectivity index is 1.58. The third kappa shape index (κ3) is 4.65. The molecule has 2 N–H and O–H groups in total. The second kappa shape index (κ2) is 9.64. The number of esters is 1. The molecule has 3 aromatic carbocycles. The van der Waals surface area contributed by atoms with E-state index >= 15 is 0 Å². The normalized spacial score (nSPS) is 14.6. The van der Waals surface area contributed by atoms with Gasteiger partial charge in [-0.25, -0.2) is 9.18 Å². The Kier molecular flexibility index (Phi) is 6.64. The molecule has 0 spiro atoms. The first-order valence-electron chi connectivity index (χ1n) is 10.0. The van der Waals surface area contributed by atoms with Gasteiger partial charge in [0.2, 0.25) is 5.88 Å². The number of hydrogen-bond acceptors (Lipinski definition) is 6. The number of rotatable bonds is 5. The summed E-state index contributed by atoms with van der Waals surface area (Å²) in [5.74, 6) is -1.45. The van der Waals surface area contributed by atoms with Crippen molar-refractivity contribution in [2.75, 3.05) is 6.61 Å². The maximum atomic E-state index is 14.7. The molecule has 0 saturated carbocycles. The molecular formula is C25H17Cl2FN2O4. The van der Waals surface area contributed by atoms with Crippen molar-refractivity contribution in [3.63, 3.8) is 0 Å². The van der Waals surface area contributed by atoms with Crippen LogP contribution in [0.15, 0.2) is 66.1 Å². The Bertz CT molecular complexity index is 1350. The van der Waals surface area contributed by atoms with E-state index in [1.807, 2.05) is 6.07 Å². The van der Waals surface area contributed by atoms with Crippen LogP contribution >= 0.6 is 23.2 Å². The summed E-state index contributed by atoms with van der Waals surface area (Å²) in [5, 5.41) is 10.3. The number of carbonyl (C=O) groups excluding carboxylic acids is 1.